The third-order valence-electron chi connectivity index (χ3n) is 7.89. The number of H-pyrrole nitrogens is 1. The second-order valence-electron chi connectivity index (χ2n) is 12.3. The molecule has 2 aliphatic rings. The van der Waals surface area contributed by atoms with E-state index in [-0.39, 0.29) is 22.3 Å². The van der Waals surface area contributed by atoms with Crippen LogP contribution >= 0.6 is 15.9 Å². The lowest BCUT2D eigenvalue weighted by Gasteiger charge is -2.40. The average molecular weight is 560 g/mol. The topological polar surface area (TPSA) is 82.6 Å². The largest absolute Gasteiger partial charge is 0.414 e. The van der Waals surface area contributed by atoms with Crippen LogP contribution < -0.4 is 11.2 Å². The van der Waals surface area contributed by atoms with Crippen molar-refractivity contribution in [2.24, 2.45) is 0 Å². The predicted molar refractivity (Wildman–Crippen MR) is 141 cm³/mol. The second-order valence-corrected chi connectivity index (χ2v) is 22.7. The van der Waals surface area contributed by atoms with Gasteiger partial charge in [-0.25, -0.2) is 4.79 Å². The molecule has 3 atom stereocenters. The molecule has 7 nitrogen and oxygen atoms in total. The molecule has 1 saturated heterocycles. The molecule has 0 unspecified atom stereocenters. The first-order chi connectivity index (χ1) is 14.8. The second kappa shape index (κ2) is 8.41. The standard InChI is InChI=1S/C23H39BrN2O5Si2/c1-21(2,3)32(7,8)29-14-17-16(31-33(9,10)22(4,5)6)13-23(30-17)18(24)11-15-12-19(27)25-20(28)26(15)23/h11-12,16-17H,13-14H2,1-10H3,(H,25,27,28)/t16-,17-,23+/m1/s1. The molecule has 0 radical (unpaired) electrons. The fourth-order valence-corrected chi connectivity index (χ4v) is 6.77. The van der Waals surface area contributed by atoms with E-state index in [0.29, 0.717) is 23.2 Å². The van der Waals surface area contributed by atoms with Gasteiger partial charge in [0, 0.05) is 12.5 Å². The summed E-state index contributed by atoms with van der Waals surface area (Å²) in [5, 5.41) is 0.0895. The van der Waals surface area contributed by atoms with Crippen molar-refractivity contribution in [3.63, 3.8) is 0 Å². The van der Waals surface area contributed by atoms with Crippen LogP contribution in [0.15, 0.2) is 20.1 Å². The molecule has 1 N–H and O–H groups in total. The van der Waals surface area contributed by atoms with Gasteiger partial charge in [-0.2, -0.15) is 0 Å². The molecular weight excluding hydrogens is 520 g/mol. The molecule has 1 fully saturated rings. The molecule has 0 saturated carbocycles. The molecule has 0 bridgehead atoms. The summed E-state index contributed by atoms with van der Waals surface area (Å²) in [6.07, 6.45) is 1.65. The normalized spacial score (nSPS) is 26.1. The zero-order chi connectivity index (χ0) is 25.2. The number of halogens is 1. The maximum Gasteiger partial charge on any atom is 0.331 e. The zero-order valence-electron chi connectivity index (χ0n) is 21.6. The van der Waals surface area contributed by atoms with Gasteiger partial charge in [-0.3, -0.25) is 14.3 Å². The Bertz CT molecular complexity index is 1060. The summed E-state index contributed by atoms with van der Waals surface area (Å²) in [5.74, 6) is 0. The molecule has 1 spiro atoms. The van der Waals surface area contributed by atoms with E-state index in [2.05, 4.69) is 88.6 Å². The highest BCUT2D eigenvalue weighted by molar-refractivity contribution is 9.11. The van der Waals surface area contributed by atoms with Crippen LogP contribution in [0.3, 0.4) is 0 Å². The highest BCUT2D eigenvalue weighted by Crippen LogP contribution is 2.50. The van der Waals surface area contributed by atoms with Gasteiger partial charge in [0.1, 0.15) is 6.10 Å². The van der Waals surface area contributed by atoms with Crippen molar-refractivity contribution in [1.82, 2.24) is 9.55 Å². The Morgan fingerprint density at radius 1 is 1.12 bits per heavy atom. The summed E-state index contributed by atoms with van der Waals surface area (Å²) < 4.78 is 22.3. The molecule has 2 aliphatic heterocycles. The Labute approximate surface area is 207 Å². The van der Waals surface area contributed by atoms with Crippen molar-refractivity contribution >= 4 is 38.6 Å². The van der Waals surface area contributed by atoms with Gasteiger partial charge in [-0.15, -0.1) is 0 Å². The maximum absolute atomic E-state index is 12.9. The van der Waals surface area contributed by atoms with Crippen LogP contribution in [-0.4, -0.2) is 45.0 Å². The molecular formula is C23H39BrN2O5Si2. The van der Waals surface area contributed by atoms with E-state index in [4.69, 9.17) is 13.6 Å². The lowest BCUT2D eigenvalue weighted by molar-refractivity contribution is -0.0855. The zero-order valence-corrected chi connectivity index (χ0v) is 25.2. The van der Waals surface area contributed by atoms with E-state index < -0.39 is 33.6 Å². The first kappa shape index (κ1) is 26.8. The van der Waals surface area contributed by atoms with E-state index in [1.54, 1.807) is 6.08 Å². The monoisotopic (exact) mass is 558 g/mol. The number of nitrogens with zero attached hydrogens (tertiary/aromatic N) is 1. The van der Waals surface area contributed by atoms with Crippen molar-refractivity contribution in [2.75, 3.05) is 6.61 Å². The molecule has 3 heterocycles. The summed E-state index contributed by atoms with van der Waals surface area (Å²) in [4.78, 5) is 27.1. The SMILES string of the molecule is CC(C)(C)[Si](C)(C)OC[C@H]1O[C@@]2(C[C@H]1O[Si](C)(C)C(C)(C)C)C(Br)=Cc1cc(=O)[nH]c(=O)n12. The first-order valence-electron chi connectivity index (χ1n) is 11.5. The van der Waals surface area contributed by atoms with E-state index in [0.717, 1.165) is 0 Å². The van der Waals surface area contributed by atoms with Gasteiger partial charge in [-0.1, -0.05) is 57.5 Å². The number of rotatable bonds is 5. The minimum Gasteiger partial charge on any atom is -0.414 e. The predicted octanol–water partition coefficient (Wildman–Crippen LogP) is 5.14. The minimum absolute atomic E-state index is 0.0241. The number of aromatic nitrogens is 2. The van der Waals surface area contributed by atoms with E-state index in [1.165, 1.54) is 10.6 Å². The maximum atomic E-state index is 12.9. The number of hydrogen-bond donors (Lipinski definition) is 1. The molecule has 0 amide bonds. The minimum atomic E-state index is -2.13. The highest BCUT2D eigenvalue weighted by atomic mass is 79.9. The molecule has 0 aromatic carbocycles. The highest BCUT2D eigenvalue weighted by Gasteiger charge is 2.56. The molecule has 1 aromatic heterocycles. The van der Waals surface area contributed by atoms with E-state index in [1.807, 2.05) is 0 Å². The van der Waals surface area contributed by atoms with Crippen LogP contribution in [0.5, 0.6) is 0 Å². The quantitative estimate of drug-likeness (QED) is 0.506. The Balaban J connectivity index is 2.01. The Morgan fingerprint density at radius 3 is 2.24 bits per heavy atom. The summed E-state index contributed by atoms with van der Waals surface area (Å²) in [6.45, 7) is 22.5. The smallest absolute Gasteiger partial charge is 0.331 e. The van der Waals surface area contributed by atoms with Gasteiger partial charge in [0.05, 0.1) is 22.9 Å². The third kappa shape index (κ3) is 4.84. The average Bonchev–Trinajstić information content (AvgIpc) is 3.08. The Hall–Kier alpha value is -0.786. The summed E-state index contributed by atoms with van der Waals surface area (Å²) >= 11 is 3.64. The summed E-state index contributed by atoms with van der Waals surface area (Å²) in [6, 6.07) is 1.42. The van der Waals surface area contributed by atoms with Crippen molar-refractivity contribution in [2.45, 2.75) is 102 Å². The summed E-state index contributed by atoms with van der Waals surface area (Å²) in [5.41, 5.74) is -1.44. The van der Waals surface area contributed by atoms with E-state index >= 15 is 0 Å². The van der Waals surface area contributed by atoms with Crippen molar-refractivity contribution in [3.05, 3.63) is 37.1 Å². The lowest BCUT2D eigenvalue weighted by atomic mass is 10.1. The lowest BCUT2D eigenvalue weighted by Crippen LogP contribution is -2.48. The van der Waals surface area contributed by atoms with Crippen LogP contribution in [0.2, 0.25) is 36.3 Å². The molecule has 0 aliphatic carbocycles. The molecule has 186 valence electrons. The Kier molecular flexibility index (Phi) is 6.83. The van der Waals surface area contributed by atoms with Crippen LogP contribution in [0.4, 0.5) is 0 Å². The molecule has 3 rings (SSSR count). The van der Waals surface area contributed by atoms with E-state index in [9.17, 15) is 9.59 Å². The van der Waals surface area contributed by atoms with Crippen LogP contribution in [0, 0.1) is 0 Å². The van der Waals surface area contributed by atoms with Crippen molar-refractivity contribution < 1.29 is 13.6 Å². The third-order valence-corrected chi connectivity index (χ3v) is 17.7. The van der Waals surface area contributed by atoms with Gasteiger partial charge in [0.15, 0.2) is 22.4 Å². The van der Waals surface area contributed by atoms with Crippen molar-refractivity contribution in [3.8, 4) is 0 Å². The van der Waals surface area contributed by atoms with Gasteiger partial charge in [0.2, 0.25) is 0 Å². The van der Waals surface area contributed by atoms with Gasteiger partial charge >= 0.3 is 5.69 Å². The molecule has 10 heteroatoms. The number of ether oxygens (including phenoxy) is 1. The van der Waals surface area contributed by atoms with Gasteiger partial charge in [0.25, 0.3) is 5.56 Å². The Morgan fingerprint density at radius 2 is 1.70 bits per heavy atom. The first-order valence-corrected chi connectivity index (χ1v) is 18.2. The molecule has 1 aromatic rings. The number of fused-ring (bicyclic) bond motifs is 2. The molecule has 33 heavy (non-hydrogen) atoms. The van der Waals surface area contributed by atoms with Crippen LogP contribution in [0.25, 0.3) is 6.08 Å². The fraction of sp³-hybridized carbons (Fsp3) is 0.739. The van der Waals surface area contributed by atoms with Crippen LogP contribution in [-0.2, 0) is 19.3 Å². The summed E-state index contributed by atoms with van der Waals surface area (Å²) in [7, 11) is -4.15. The number of nitrogens with one attached hydrogen (secondary N) is 1. The van der Waals surface area contributed by atoms with Gasteiger partial charge in [-0.05, 0) is 42.3 Å². The fourth-order valence-electron chi connectivity index (χ4n) is 3.74. The van der Waals surface area contributed by atoms with Crippen molar-refractivity contribution in [1.29, 1.82) is 0 Å². The number of hydrogen-bond acceptors (Lipinski definition) is 5. The number of aromatic amines is 1. The van der Waals surface area contributed by atoms with Crippen LogP contribution in [0.1, 0.15) is 53.7 Å². The van der Waals surface area contributed by atoms with Gasteiger partial charge < -0.3 is 13.6 Å².